The van der Waals surface area contributed by atoms with Gasteiger partial charge in [-0.25, -0.2) is 9.59 Å². The third-order valence-electron chi connectivity index (χ3n) is 3.35. The molecule has 0 saturated carbocycles. The zero-order chi connectivity index (χ0) is 22.2. The van der Waals surface area contributed by atoms with Gasteiger partial charge in [-0.2, -0.15) is 0 Å². The van der Waals surface area contributed by atoms with Crippen molar-refractivity contribution in [3.63, 3.8) is 0 Å². The van der Waals surface area contributed by atoms with E-state index < -0.39 is 29.6 Å². The summed E-state index contributed by atoms with van der Waals surface area (Å²) in [5.41, 5.74) is 0.195. The van der Waals surface area contributed by atoms with Crippen LogP contribution in [0.5, 0.6) is 11.5 Å². The summed E-state index contributed by atoms with van der Waals surface area (Å²) in [5, 5.41) is 4.72. The number of imide groups is 1. The van der Waals surface area contributed by atoms with Crippen LogP contribution in [0, 0.1) is 0 Å². The summed E-state index contributed by atoms with van der Waals surface area (Å²) in [5.74, 6) is -0.302. The molecule has 3 amide bonds. The summed E-state index contributed by atoms with van der Waals surface area (Å²) in [6, 6.07) is 4.57. The van der Waals surface area contributed by atoms with E-state index in [1.807, 2.05) is 13.8 Å². The lowest BCUT2D eigenvalue weighted by molar-refractivity contribution is -0.149. The van der Waals surface area contributed by atoms with Gasteiger partial charge in [0.1, 0.15) is 0 Å². The van der Waals surface area contributed by atoms with E-state index in [0.29, 0.717) is 17.1 Å². The van der Waals surface area contributed by atoms with E-state index in [9.17, 15) is 14.4 Å². The van der Waals surface area contributed by atoms with Crippen LogP contribution in [0.4, 0.5) is 4.79 Å². The molecule has 1 aromatic carbocycles. The Labute approximate surface area is 171 Å². The van der Waals surface area contributed by atoms with Crippen LogP contribution in [0.3, 0.4) is 0 Å². The fourth-order valence-corrected chi connectivity index (χ4v) is 2.16. The van der Waals surface area contributed by atoms with Crippen LogP contribution in [0.1, 0.15) is 47.1 Å². The second kappa shape index (κ2) is 10.5. The van der Waals surface area contributed by atoms with Crippen molar-refractivity contribution in [1.29, 1.82) is 0 Å². The molecule has 0 aliphatic heterocycles. The first-order valence-corrected chi connectivity index (χ1v) is 9.27. The maximum atomic E-state index is 12.0. The Bertz CT molecular complexity index is 765. The molecule has 1 aromatic rings. The smallest absolute Gasteiger partial charge is 0.331 e. The van der Waals surface area contributed by atoms with Crippen molar-refractivity contribution >= 4 is 24.0 Å². The van der Waals surface area contributed by atoms with Crippen LogP contribution < -0.4 is 20.1 Å². The van der Waals surface area contributed by atoms with Gasteiger partial charge < -0.3 is 19.5 Å². The minimum Gasteiger partial charge on any atom is -0.493 e. The molecule has 0 spiro atoms. The zero-order valence-electron chi connectivity index (χ0n) is 18.0. The van der Waals surface area contributed by atoms with Gasteiger partial charge in [0.25, 0.3) is 5.91 Å². The third-order valence-corrected chi connectivity index (χ3v) is 3.35. The number of hydrogen-bond donors (Lipinski definition) is 2. The van der Waals surface area contributed by atoms with Crippen molar-refractivity contribution in [2.75, 3.05) is 7.11 Å². The number of rotatable bonds is 7. The molecule has 0 unspecified atom stereocenters. The summed E-state index contributed by atoms with van der Waals surface area (Å²) in [4.78, 5) is 35.6. The molecule has 0 heterocycles. The van der Waals surface area contributed by atoms with Crippen LogP contribution in [0.15, 0.2) is 24.3 Å². The Kier molecular flexibility index (Phi) is 8.69. The molecule has 160 valence electrons. The molecule has 0 radical (unpaired) electrons. The van der Waals surface area contributed by atoms with Crippen molar-refractivity contribution in [3.05, 3.63) is 29.8 Å². The van der Waals surface area contributed by atoms with Gasteiger partial charge in [-0.05, 0) is 65.3 Å². The van der Waals surface area contributed by atoms with E-state index in [2.05, 4.69) is 10.6 Å². The SMILES string of the molecule is COc1cc(/C=C/C(=O)O[C@@H](C)C(=O)NC(=O)NC(C)(C)C)ccc1OC(C)C. The second-order valence-electron chi connectivity index (χ2n) is 7.68. The lowest BCUT2D eigenvalue weighted by Gasteiger charge is -2.21. The molecule has 29 heavy (non-hydrogen) atoms. The first kappa shape index (κ1) is 24.0. The molecule has 8 heteroatoms. The molecule has 0 bridgehead atoms. The summed E-state index contributed by atoms with van der Waals surface area (Å²) >= 11 is 0. The van der Waals surface area contributed by atoms with Crippen LogP contribution in [0.25, 0.3) is 6.08 Å². The van der Waals surface area contributed by atoms with Gasteiger partial charge in [0.15, 0.2) is 17.6 Å². The van der Waals surface area contributed by atoms with E-state index in [4.69, 9.17) is 14.2 Å². The molecule has 8 nitrogen and oxygen atoms in total. The molecule has 0 aliphatic carbocycles. The summed E-state index contributed by atoms with van der Waals surface area (Å²) in [6.45, 7) is 10.5. The highest BCUT2D eigenvalue weighted by atomic mass is 16.5. The monoisotopic (exact) mass is 406 g/mol. The number of carbonyl (C=O) groups excluding carboxylic acids is 3. The van der Waals surface area contributed by atoms with Crippen LogP contribution in [-0.4, -0.2) is 42.8 Å². The zero-order valence-corrected chi connectivity index (χ0v) is 18.0. The highest BCUT2D eigenvalue weighted by Gasteiger charge is 2.21. The average molecular weight is 406 g/mol. The largest absolute Gasteiger partial charge is 0.493 e. The second-order valence-corrected chi connectivity index (χ2v) is 7.68. The first-order valence-electron chi connectivity index (χ1n) is 9.27. The Morgan fingerprint density at radius 1 is 1.07 bits per heavy atom. The number of carbonyl (C=O) groups is 3. The first-order chi connectivity index (χ1) is 13.4. The van der Waals surface area contributed by atoms with E-state index in [0.717, 1.165) is 0 Å². The Morgan fingerprint density at radius 2 is 1.72 bits per heavy atom. The van der Waals surface area contributed by atoms with Gasteiger partial charge >= 0.3 is 12.0 Å². The molecular weight excluding hydrogens is 376 g/mol. The maximum Gasteiger partial charge on any atom is 0.331 e. The van der Waals surface area contributed by atoms with Crippen LogP contribution in [-0.2, 0) is 14.3 Å². The highest BCUT2D eigenvalue weighted by molar-refractivity contribution is 5.98. The Balaban J connectivity index is 2.66. The van der Waals surface area contributed by atoms with Gasteiger partial charge in [-0.1, -0.05) is 6.07 Å². The number of esters is 1. The van der Waals surface area contributed by atoms with E-state index in [1.165, 1.54) is 26.2 Å². The van der Waals surface area contributed by atoms with Crippen LogP contribution in [0.2, 0.25) is 0 Å². The third kappa shape index (κ3) is 9.14. The van der Waals surface area contributed by atoms with Crippen molar-refractivity contribution in [3.8, 4) is 11.5 Å². The number of benzene rings is 1. The molecular formula is C21H30N2O6. The normalized spacial score (nSPS) is 12.4. The number of nitrogens with one attached hydrogen (secondary N) is 2. The Hall–Kier alpha value is -3.03. The molecule has 0 aliphatic rings. The number of amides is 3. The van der Waals surface area contributed by atoms with Gasteiger partial charge in [0.2, 0.25) is 0 Å². The van der Waals surface area contributed by atoms with Gasteiger partial charge in [0.05, 0.1) is 13.2 Å². The Morgan fingerprint density at radius 3 is 2.28 bits per heavy atom. The fraction of sp³-hybridized carbons (Fsp3) is 0.476. The lowest BCUT2D eigenvalue weighted by Crippen LogP contribution is -2.50. The summed E-state index contributed by atoms with van der Waals surface area (Å²) in [6.07, 6.45) is 1.59. The molecule has 0 fully saturated rings. The van der Waals surface area contributed by atoms with Gasteiger partial charge in [0, 0.05) is 11.6 Å². The van der Waals surface area contributed by atoms with E-state index in [1.54, 1.807) is 39.0 Å². The molecule has 2 N–H and O–H groups in total. The van der Waals surface area contributed by atoms with E-state index in [-0.39, 0.29) is 6.10 Å². The fourth-order valence-electron chi connectivity index (χ4n) is 2.16. The highest BCUT2D eigenvalue weighted by Crippen LogP contribution is 2.29. The standard InChI is InChI=1S/C21H30N2O6/c1-13(2)28-16-10-8-15(12-17(16)27-7)9-11-18(24)29-14(3)19(25)22-20(26)23-21(4,5)6/h8-14H,1-7H3,(H2,22,23,25,26)/b11-9+/t14-/m0/s1. The minimum absolute atomic E-state index is 0.00150. The van der Waals surface area contributed by atoms with Gasteiger partial charge in [-0.3, -0.25) is 10.1 Å². The predicted molar refractivity (Wildman–Crippen MR) is 110 cm³/mol. The van der Waals surface area contributed by atoms with Crippen molar-refractivity contribution in [2.45, 2.75) is 59.3 Å². The predicted octanol–water partition coefficient (Wildman–Crippen LogP) is 3.05. The number of urea groups is 1. The number of ether oxygens (including phenoxy) is 3. The van der Waals surface area contributed by atoms with Crippen molar-refractivity contribution in [2.24, 2.45) is 0 Å². The molecule has 0 saturated heterocycles. The van der Waals surface area contributed by atoms with Gasteiger partial charge in [-0.15, -0.1) is 0 Å². The van der Waals surface area contributed by atoms with Crippen molar-refractivity contribution in [1.82, 2.24) is 10.6 Å². The molecule has 1 atom stereocenters. The summed E-state index contributed by atoms with van der Waals surface area (Å²) < 4.78 is 16.0. The number of hydrogen-bond acceptors (Lipinski definition) is 6. The number of methoxy groups -OCH3 is 1. The minimum atomic E-state index is -1.13. The quantitative estimate of drug-likeness (QED) is 0.533. The lowest BCUT2D eigenvalue weighted by atomic mass is 10.1. The van der Waals surface area contributed by atoms with Crippen LogP contribution >= 0.6 is 0 Å². The topological polar surface area (TPSA) is 103 Å². The summed E-state index contributed by atoms with van der Waals surface area (Å²) in [7, 11) is 1.53. The molecule has 1 rings (SSSR count). The van der Waals surface area contributed by atoms with E-state index >= 15 is 0 Å². The maximum absolute atomic E-state index is 12.0. The average Bonchev–Trinajstić information content (AvgIpc) is 2.58. The van der Waals surface area contributed by atoms with Crippen molar-refractivity contribution < 1.29 is 28.6 Å². The molecule has 0 aromatic heterocycles.